The van der Waals surface area contributed by atoms with Crippen molar-refractivity contribution in [2.75, 3.05) is 31.3 Å². The molecule has 1 aliphatic rings. The molecule has 0 atom stereocenters. The summed E-state index contributed by atoms with van der Waals surface area (Å²) in [7, 11) is 3.59. The molecule has 17 heavy (non-hydrogen) atoms. The van der Waals surface area contributed by atoms with Gasteiger partial charge in [-0.1, -0.05) is 0 Å². The van der Waals surface area contributed by atoms with E-state index in [0.717, 1.165) is 22.9 Å². The Morgan fingerprint density at radius 2 is 2.24 bits per heavy atom. The van der Waals surface area contributed by atoms with E-state index < -0.39 is 0 Å². The molecule has 6 heteroatoms. The fourth-order valence-corrected chi connectivity index (χ4v) is 2.54. The van der Waals surface area contributed by atoms with Gasteiger partial charge in [-0.15, -0.1) is 11.8 Å². The van der Waals surface area contributed by atoms with Crippen LogP contribution in [0.3, 0.4) is 0 Å². The van der Waals surface area contributed by atoms with Crippen LogP contribution in [0.25, 0.3) is 0 Å². The van der Waals surface area contributed by atoms with Crippen molar-refractivity contribution in [2.45, 2.75) is 0 Å². The van der Waals surface area contributed by atoms with Crippen molar-refractivity contribution in [1.29, 1.82) is 0 Å². The molecule has 0 aliphatic carbocycles. The van der Waals surface area contributed by atoms with Crippen molar-refractivity contribution in [3.63, 3.8) is 0 Å². The van der Waals surface area contributed by atoms with Gasteiger partial charge in [0.2, 0.25) is 0 Å². The first-order valence-electron chi connectivity index (χ1n) is 5.23. The summed E-state index contributed by atoms with van der Waals surface area (Å²) in [5, 5.41) is 11.9. The predicted octanol–water partition coefficient (Wildman–Crippen LogP) is 2.15. The molecule has 0 fully saturated rings. The van der Waals surface area contributed by atoms with Crippen LogP contribution in [-0.2, 0) is 0 Å². The lowest BCUT2D eigenvalue weighted by Gasteiger charge is -2.13. The molecule has 0 bridgehead atoms. The Balaban J connectivity index is 2.45. The van der Waals surface area contributed by atoms with Gasteiger partial charge < -0.3 is 4.90 Å². The molecule has 90 valence electrons. The molecule has 1 heterocycles. The Hall–Kier alpha value is -1.56. The number of nitro benzene ring substituents is 1. The van der Waals surface area contributed by atoms with E-state index in [1.54, 1.807) is 42.9 Å². The Morgan fingerprint density at radius 3 is 2.76 bits per heavy atom. The lowest BCUT2D eigenvalue weighted by atomic mass is 10.1. The van der Waals surface area contributed by atoms with Gasteiger partial charge in [0.15, 0.2) is 0 Å². The first-order chi connectivity index (χ1) is 8.09. The highest BCUT2D eigenvalue weighted by Crippen LogP contribution is 2.30. The second-order valence-corrected chi connectivity index (χ2v) is 4.97. The second-order valence-electron chi connectivity index (χ2n) is 3.89. The zero-order valence-electron chi connectivity index (χ0n) is 9.71. The third-order valence-corrected chi connectivity index (χ3v) is 3.51. The van der Waals surface area contributed by atoms with Crippen LogP contribution in [0.5, 0.6) is 0 Å². The maximum Gasteiger partial charge on any atom is 0.293 e. The Morgan fingerprint density at radius 1 is 1.47 bits per heavy atom. The topological polar surface area (TPSA) is 58.7 Å². The smallest absolute Gasteiger partial charge is 0.293 e. The number of nitrogens with zero attached hydrogens (tertiary/aromatic N) is 3. The number of benzene rings is 1. The van der Waals surface area contributed by atoms with Gasteiger partial charge in [0, 0.05) is 38.0 Å². The highest BCUT2D eigenvalue weighted by molar-refractivity contribution is 8.14. The lowest BCUT2D eigenvalue weighted by molar-refractivity contribution is -0.384. The Bertz CT molecular complexity index is 486. The average molecular weight is 251 g/mol. The number of hydrogen-bond acceptors (Lipinski definition) is 5. The van der Waals surface area contributed by atoms with Crippen LogP contribution in [0.15, 0.2) is 23.2 Å². The van der Waals surface area contributed by atoms with Crippen LogP contribution in [0.2, 0.25) is 0 Å². The van der Waals surface area contributed by atoms with E-state index in [9.17, 15) is 10.1 Å². The van der Waals surface area contributed by atoms with Gasteiger partial charge in [-0.3, -0.25) is 15.1 Å². The highest BCUT2D eigenvalue weighted by Gasteiger charge is 2.19. The summed E-state index contributed by atoms with van der Waals surface area (Å²) in [4.78, 5) is 16.7. The summed E-state index contributed by atoms with van der Waals surface area (Å²) in [5.74, 6) is 0.957. The lowest BCUT2D eigenvalue weighted by Crippen LogP contribution is -2.11. The van der Waals surface area contributed by atoms with Crippen molar-refractivity contribution in [3.05, 3.63) is 33.9 Å². The molecule has 0 saturated carbocycles. The summed E-state index contributed by atoms with van der Waals surface area (Å²) in [5.41, 5.74) is 1.58. The summed E-state index contributed by atoms with van der Waals surface area (Å²) >= 11 is 1.64. The van der Waals surface area contributed by atoms with Crippen LogP contribution in [0.4, 0.5) is 11.4 Å². The number of rotatable bonds is 3. The summed E-state index contributed by atoms with van der Waals surface area (Å²) < 4.78 is 0. The van der Waals surface area contributed by atoms with Crippen molar-refractivity contribution >= 4 is 28.2 Å². The molecule has 0 aromatic heterocycles. The van der Waals surface area contributed by atoms with Crippen molar-refractivity contribution in [2.24, 2.45) is 4.99 Å². The quantitative estimate of drug-likeness (QED) is 0.610. The minimum atomic E-state index is -0.348. The summed E-state index contributed by atoms with van der Waals surface area (Å²) in [6, 6.07) is 5.26. The van der Waals surface area contributed by atoms with E-state index in [-0.39, 0.29) is 10.6 Å². The van der Waals surface area contributed by atoms with E-state index in [1.807, 2.05) is 6.07 Å². The minimum Gasteiger partial charge on any atom is -0.372 e. The zero-order chi connectivity index (χ0) is 12.4. The number of thioether (sulfide) groups is 1. The van der Waals surface area contributed by atoms with Crippen LogP contribution >= 0.6 is 11.8 Å². The van der Waals surface area contributed by atoms with E-state index in [4.69, 9.17) is 0 Å². The molecule has 0 radical (unpaired) electrons. The molecule has 0 amide bonds. The number of anilines is 1. The summed E-state index contributed by atoms with van der Waals surface area (Å²) in [6.07, 6.45) is 0. The van der Waals surface area contributed by atoms with Crippen molar-refractivity contribution < 1.29 is 4.92 Å². The third kappa shape index (κ3) is 2.41. The van der Waals surface area contributed by atoms with Gasteiger partial charge >= 0.3 is 0 Å². The molecule has 2 rings (SSSR count). The molecule has 1 aliphatic heterocycles. The molecule has 5 nitrogen and oxygen atoms in total. The van der Waals surface area contributed by atoms with E-state index >= 15 is 0 Å². The van der Waals surface area contributed by atoms with Crippen LogP contribution in [0, 0.1) is 10.1 Å². The fraction of sp³-hybridized carbons (Fsp3) is 0.364. The minimum absolute atomic E-state index is 0.128. The molecule has 1 aromatic carbocycles. The van der Waals surface area contributed by atoms with E-state index in [2.05, 4.69) is 4.99 Å². The normalized spacial score (nSPS) is 14.6. The average Bonchev–Trinajstić information content (AvgIpc) is 2.81. The van der Waals surface area contributed by atoms with Gasteiger partial charge in [0.1, 0.15) is 5.69 Å². The van der Waals surface area contributed by atoms with Crippen molar-refractivity contribution in [1.82, 2.24) is 0 Å². The van der Waals surface area contributed by atoms with Gasteiger partial charge in [0.25, 0.3) is 5.69 Å². The molecular weight excluding hydrogens is 238 g/mol. The zero-order valence-corrected chi connectivity index (χ0v) is 10.5. The number of aliphatic imine (C=N–C) groups is 1. The molecule has 0 N–H and O–H groups in total. The molecule has 0 spiro atoms. The van der Waals surface area contributed by atoms with Gasteiger partial charge in [0.05, 0.1) is 9.97 Å². The molecule has 1 aromatic rings. The first kappa shape index (κ1) is 11.9. The monoisotopic (exact) mass is 251 g/mol. The largest absolute Gasteiger partial charge is 0.372 e. The van der Waals surface area contributed by atoms with E-state index in [1.165, 1.54) is 0 Å². The van der Waals surface area contributed by atoms with E-state index in [0.29, 0.717) is 5.69 Å². The first-order valence-corrected chi connectivity index (χ1v) is 6.21. The van der Waals surface area contributed by atoms with Crippen LogP contribution < -0.4 is 4.90 Å². The molecule has 0 saturated heterocycles. The third-order valence-electron chi connectivity index (χ3n) is 2.49. The maximum absolute atomic E-state index is 11.0. The Kier molecular flexibility index (Phi) is 3.33. The maximum atomic E-state index is 11.0. The van der Waals surface area contributed by atoms with Gasteiger partial charge in [-0.05, 0) is 12.1 Å². The van der Waals surface area contributed by atoms with Crippen LogP contribution in [0.1, 0.15) is 5.56 Å². The standard InChI is InChI=1S/C11H13N3O2S/c1-13(2)9-4-3-8(7-10(9)14(15)16)11-12-5-6-17-11/h3-4,7H,5-6H2,1-2H3. The fourth-order valence-electron chi connectivity index (χ4n) is 1.69. The van der Waals surface area contributed by atoms with Crippen LogP contribution in [-0.4, -0.2) is 36.4 Å². The van der Waals surface area contributed by atoms with Crippen molar-refractivity contribution in [3.8, 4) is 0 Å². The van der Waals surface area contributed by atoms with Gasteiger partial charge in [-0.25, -0.2) is 0 Å². The number of nitro groups is 1. The Labute approximate surface area is 104 Å². The molecular formula is C11H13N3O2S. The highest BCUT2D eigenvalue weighted by atomic mass is 32.2. The van der Waals surface area contributed by atoms with Gasteiger partial charge in [-0.2, -0.15) is 0 Å². The number of hydrogen-bond donors (Lipinski definition) is 0. The second kappa shape index (κ2) is 4.75. The molecule has 0 unspecified atom stereocenters. The SMILES string of the molecule is CN(C)c1ccc(C2=NCCS2)cc1[N+](=O)[O-]. The summed E-state index contributed by atoms with van der Waals surface area (Å²) in [6.45, 7) is 0.795. The predicted molar refractivity (Wildman–Crippen MR) is 71.3 cm³/mol.